The summed E-state index contributed by atoms with van der Waals surface area (Å²) in [4.78, 5) is 11.2. The lowest BCUT2D eigenvalue weighted by molar-refractivity contribution is -0.141. The largest absolute Gasteiger partial charge is 0.480 e. The molecule has 1 atom stereocenters. The lowest BCUT2D eigenvalue weighted by Crippen LogP contribution is -2.19. The van der Waals surface area contributed by atoms with Crippen molar-refractivity contribution in [1.29, 1.82) is 0 Å². The van der Waals surface area contributed by atoms with Crippen molar-refractivity contribution in [1.82, 2.24) is 15.0 Å². The molecule has 1 heterocycles. The third-order valence-corrected chi connectivity index (χ3v) is 3.63. The fourth-order valence-electron chi connectivity index (χ4n) is 2.40. The van der Waals surface area contributed by atoms with Crippen LogP contribution >= 0.6 is 0 Å². The molecule has 0 aromatic carbocycles. The second-order valence-corrected chi connectivity index (χ2v) is 5.35. The summed E-state index contributed by atoms with van der Waals surface area (Å²) >= 11 is 0. The second kappa shape index (κ2) is 10.4. The molecule has 0 aliphatic carbocycles. The third-order valence-electron chi connectivity index (χ3n) is 3.63. The molecule has 0 aliphatic heterocycles. The fourth-order valence-corrected chi connectivity index (χ4v) is 2.40. The number of carboxylic acids is 1. The lowest BCUT2D eigenvalue weighted by atomic mass is 10.0. The number of unbranched alkanes of at least 4 members (excludes halogenated alkanes) is 8. The number of nitrogens with zero attached hydrogens (tertiary/aromatic N) is 3. The Kier molecular flexibility index (Phi) is 8.67. The normalized spacial score (nSPS) is 12.4. The zero-order valence-corrected chi connectivity index (χ0v) is 12.5. The van der Waals surface area contributed by atoms with E-state index >= 15 is 0 Å². The molecule has 0 fully saturated rings. The topological polar surface area (TPSA) is 68.0 Å². The van der Waals surface area contributed by atoms with Crippen LogP contribution in [-0.2, 0) is 4.79 Å². The Balaban J connectivity index is 2.06. The predicted octanol–water partition coefficient (Wildman–Crippen LogP) is 3.82. The molecule has 5 nitrogen and oxygen atoms in total. The van der Waals surface area contributed by atoms with Crippen molar-refractivity contribution in [3.63, 3.8) is 0 Å². The first-order valence-corrected chi connectivity index (χ1v) is 7.84. The van der Waals surface area contributed by atoms with Crippen molar-refractivity contribution in [3.8, 4) is 0 Å². The Morgan fingerprint density at radius 2 is 1.70 bits per heavy atom. The molecule has 0 radical (unpaired) electrons. The van der Waals surface area contributed by atoms with E-state index < -0.39 is 12.0 Å². The average molecular weight is 281 g/mol. The van der Waals surface area contributed by atoms with Gasteiger partial charge in [0.15, 0.2) is 6.04 Å². The molecule has 0 bridgehead atoms. The van der Waals surface area contributed by atoms with Gasteiger partial charge in [-0.3, -0.25) is 0 Å². The highest BCUT2D eigenvalue weighted by atomic mass is 16.4. The van der Waals surface area contributed by atoms with E-state index in [1.54, 1.807) is 6.20 Å². The van der Waals surface area contributed by atoms with Crippen molar-refractivity contribution in [3.05, 3.63) is 12.4 Å². The van der Waals surface area contributed by atoms with Crippen molar-refractivity contribution in [2.24, 2.45) is 0 Å². The molecule has 1 unspecified atom stereocenters. The molecule has 20 heavy (non-hydrogen) atoms. The Hall–Kier alpha value is -1.39. The van der Waals surface area contributed by atoms with Crippen LogP contribution in [-0.4, -0.2) is 26.1 Å². The van der Waals surface area contributed by atoms with Gasteiger partial charge < -0.3 is 5.11 Å². The summed E-state index contributed by atoms with van der Waals surface area (Å²) in [5, 5.41) is 16.6. The van der Waals surface area contributed by atoms with E-state index in [9.17, 15) is 9.90 Å². The summed E-state index contributed by atoms with van der Waals surface area (Å²) in [6, 6.07) is -0.568. The van der Waals surface area contributed by atoms with Crippen LogP contribution in [0.1, 0.15) is 77.2 Å². The minimum atomic E-state index is -0.824. The third kappa shape index (κ3) is 6.68. The van der Waals surface area contributed by atoms with Gasteiger partial charge in [0.25, 0.3) is 0 Å². The van der Waals surface area contributed by atoms with Gasteiger partial charge in [-0.2, -0.15) is 0 Å². The van der Waals surface area contributed by atoms with Crippen molar-refractivity contribution >= 4 is 5.97 Å². The molecule has 114 valence electrons. The molecule has 1 aromatic rings. The van der Waals surface area contributed by atoms with Crippen molar-refractivity contribution in [2.75, 3.05) is 0 Å². The highest BCUT2D eigenvalue weighted by molar-refractivity contribution is 5.71. The zero-order valence-electron chi connectivity index (χ0n) is 12.5. The maximum atomic E-state index is 11.2. The predicted molar refractivity (Wildman–Crippen MR) is 78.5 cm³/mol. The van der Waals surface area contributed by atoms with Crippen LogP contribution in [0, 0.1) is 0 Å². The number of hydrogen-bond donors (Lipinski definition) is 1. The molecule has 5 heteroatoms. The average Bonchev–Trinajstić information content (AvgIpc) is 2.94. The molecule has 0 amide bonds. The first-order valence-electron chi connectivity index (χ1n) is 7.84. The quantitative estimate of drug-likeness (QED) is 0.591. The van der Waals surface area contributed by atoms with Gasteiger partial charge in [-0.05, 0) is 6.42 Å². The van der Waals surface area contributed by atoms with E-state index in [1.807, 2.05) is 0 Å². The van der Waals surface area contributed by atoms with E-state index in [1.165, 1.54) is 55.8 Å². The zero-order chi connectivity index (χ0) is 14.6. The van der Waals surface area contributed by atoms with Gasteiger partial charge in [0.05, 0.1) is 6.20 Å². The molecular weight excluding hydrogens is 254 g/mol. The number of hydrogen-bond acceptors (Lipinski definition) is 3. The highest BCUT2D eigenvalue weighted by Crippen LogP contribution is 2.16. The van der Waals surface area contributed by atoms with Crippen LogP contribution in [0.4, 0.5) is 0 Å². The van der Waals surface area contributed by atoms with E-state index in [0.29, 0.717) is 6.42 Å². The first kappa shape index (κ1) is 16.7. The highest BCUT2D eigenvalue weighted by Gasteiger charge is 2.19. The Morgan fingerprint density at radius 1 is 1.10 bits per heavy atom. The Labute approximate surface area is 121 Å². The van der Waals surface area contributed by atoms with Gasteiger partial charge in [-0.1, -0.05) is 69.9 Å². The van der Waals surface area contributed by atoms with Gasteiger partial charge in [-0.25, -0.2) is 9.48 Å². The minimum absolute atomic E-state index is 0.568. The fraction of sp³-hybridized carbons (Fsp3) is 0.800. The minimum Gasteiger partial charge on any atom is -0.480 e. The molecular formula is C15H27N3O2. The van der Waals surface area contributed by atoms with Crippen molar-refractivity contribution < 1.29 is 9.90 Å². The number of aliphatic carboxylic acids is 1. The van der Waals surface area contributed by atoms with Gasteiger partial charge in [0.2, 0.25) is 0 Å². The number of carbonyl (C=O) groups is 1. The smallest absolute Gasteiger partial charge is 0.328 e. The summed E-state index contributed by atoms with van der Waals surface area (Å²) < 4.78 is 1.44. The SMILES string of the molecule is CCCCCCCCCCCC(C(=O)O)n1ccnn1. The van der Waals surface area contributed by atoms with Gasteiger partial charge in [0.1, 0.15) is 0 Å². The summed E-state index contributed by atoms with van der Waals surface area (Å²) in [6.45, 7) is 2.23. The summed E-state index contributed by atoms with van der Waals surface area (Å²) in [5.41, 5.74) is 0. The summed E-state index contributed by atoms with van der Waals surface area (Å²) in [7, 11) is 0. The number of rotatable bonds is 12. The molecule has 1 N–H and O–H groups in total. The molecule has 0 aliphatic rings. The Morgan fingerprint density at radius 3 is 2.20 bits per heavy atom. The Bertz CT molecular complexity index is 352. The van der Waals surface area contributed by atoms with Gasteiger partial charge >= 0.3 is 5.97 Å². The van der Waals surface area contributed by atoms with Crippen LogP contribution in [0.5, 0.6) is 0 Å². The molecule has 1 aromatic heterocycles. The van der Waals surface area contributed by atoms with E-state index in [4.69, 9.17) is 0 Å². The second-order valence-electron chi connectivity index (χ2n) is 5.35. The molecule has 0 saturated heterocycles. The summed E-state index contributed by atoms with van der Waals surface area (Å²) in [6.07, 6.45) is 14.9. The van der Waals surface area contributed by atoms with Crippen LogP contribution in [0.15, 0.2) is 12.4 Å². The standard InChI is InChI=1S/C15H27N3O2/c1-2-3-4-5-6-7-8-9-10-11-14(15(19)20)18-13-12-16-17-18/h12-14H,2-11H2,1H3,(H,19,20). The maximum Gasteiger partial charge on any atom is 0.328 e. The van der Waals surface area contributed by atoms with Crippen LogP contribution in [0.25, 0.3) is 0 Å². The van der Waals surface area contributed by atoms with Crippen molar-refractivity contribution in [2.45, 2.75) is 77.2 Å². The summed E-state index contributed by atoms with van der Waals surface area (Å²) in [5.74, 6) is -0.824. The molecule has 0 saturated carbocycles. The van der Waals surface area contributed by atoms with Crippen LogP contribution in [0.2, 0.25) is 0 Å². The first-order chi connectivity index (χ1) is 9.75. The van der Waals surface area contributed by atoms with Crippen LogP contribution < -0.4 is 0 Å². The monoisotopic (exact) mass is 281 g/mol. The molecule has 0 spiro atoms. The van der Waals surface area contributed by atoms with E-state index in [2.05, 4.69) is 17.2 Å². The van der Waals surface area contributed by atoms with Crippen LogP contribution in [0.3, 0.4) is 0 Å². The lowest BCUT2D eigenvalue weighted by Gasteiger charge is -2.11. The van der Waals surface area contributed by atoms with E-state index in [-0.39, 0.29) is 0 Å². The number of carboxylic acid groups (broad SMARTS) is 1. The maximum absolute atomic E-state index is 11.2. The molecule has 1 rings (SSSR count). The van der Waals surface area contributed by atoms with Gasteiger partial charge in [-0.15, -0.1) is 5.10 Å². The van der Waals surface area contributed by atoms with E-state index in [0.717, 1.165) is 12.8 Å². The van der Waals surface area contributed by atoms with Gasteiger partial charge in [0, 0.05) is 6.20 Å². The number of aromatic nitrogens is 3.